The van der Waals surface area contributed by atoms with E-state index in [-0.39, 0.29) is 13.2 Å². The van der Waals surface area contributed by atoms with Gasteiger partial charge in [0.25, 0.3) is 0 Å². The van der Waals surface area contributed by atoms with Crippen LogP contribution in [0.25, 0.3) is 0 Å². The van der Waals surface area contributed by atoms with Crippen LogP contribution in [0.3, 0.4) is 0 Å². The van der Waals surface area contributed by atoms with Crippen molar-refractivity contribution in [3.63, 3.8) is 0 Å². The largest absolute Gasteiger partial charge is 0.395 e. The molecule has 2 aromatic carbocycles. The summed E-state index contributed by atoms with van der Waals surface area (Å²) < 4.78 is 0. The van der Waals surface area contributed by atoms with E-state index in [1.54, 1.807) is 0 Å². The highest BCUT2D eigenvalue weighted by Gasteiger charge is 1.95. The molecular formula is C16H20N4O2. The maximum absolute atomic E-state index is 8.75. The lowest BCUT2D eigenvalue weighted by Gasteiger charge is -2.04. The first-order valence-electron chi connectivity index (χ1n) is 7.13. The Hall–Kier alpha value is -2.44. The van der Waals surface area contributed by atoms with E-state index in [2.05, 4.69) is 20.9 Å². The Bertz CT molecular complexity index is 529. The summed E-state index contributed by atoms with van der Waals surface area (Å²) >= 11 is 0. The van der Waals surface area contributed by atoms with Crippen LogP contribution >= 0.6 is 0 Å². The van der Waals surface area contributed by atoms with Gasteiger partial charge in [-0.3, -0.25) is 0 Å². The monoisotopic (exact) mass is 300 g/mol. The number of azo groups is 1. The SMILES string of the molecule is OCCNc1ccc(N=Nc2ccc(NCCO)cc2)cc1. The van der Waals surface area contributed by atoms with Gasteiger partial charge in [0.2, 0.25) is 0 Å². The predicted octanol–water partition coefficient (Wildman–Crippen LogP) is 2.91. The van der Waals surface area contributed by atoms with Crippen LogP contribution in [-0.4, -0.2) is 36.5 Å². The van der Waals surface area contributed by atoms with Gasteiger partial charge < -0.3 is 20.8 Å². The van der Waals surface area contributed by atoms with Crippen LogP contribution in [0, 0.1) is 0 Å². The first-order valence-corrected chi connectivity index (χ1v) is 7.13. The Morgan fingerprint density at radius 1 is 0.636 bits per heavy atom. The molecular weight excluding hydrogens is 280 g/mol. The topological polar surface area (TPSA) is 89.2 Å². The molecule has 0 atom stereocenters. The summed E-state index contributed by atoms with van der Waals surface area (Å²) in [6.45, 7) is 1.25. The quantitative estimate of drug-likeness (QED) is 0.564. The van der Waals surface area contributed by atoms with Gasteiger partial charge in [-0.25, -0.2) is 0 Å². The molecule has 0 saturated heterocycles. The smallest absolute Gasteiger partial charge is 0.0858 e. The molecule has 2 rings (SSSR count). The Morgan fingerprint density at radius 3 is 1.32 bits per heavy atom. The molecule has 0 aliphatic carbocycles. The van der Waals surface area contributed by atoms with Crippen LogP contribution in [0.15, 0.2) is 58.8 Å². The summed E-state index contributed by atoms with van der Waals surface area (Å²) in [6.07, 6.45) is 0. The lowest BCUT2D eigenvalue weighted by molar-refractivity contribution is 0.311. The van der Waals surface area contributed by atoms with Crippen molar-refractivity contribution >= 4 is 22.7 Å². The maximum atomic E-state index is 8.75. The normalized spacial score (nSPS) is 10.8. The molecule has 4 N–H and O–H groups in total. The van der Waals surface area contributed by atoms with Gasteiger partial charge in [0, 0.05) is 24.5 Å². The zero-order valence-corrected chi connectivity index (χ0v) is 12.2. The summed E-state index contributed by atoms with van der Waals surface area (Å²) in [4.78, 5) is 0. The summed E-state index contributed by atoms with van der Waals surface area (Å²) in [5, 5.41) is 32.0. The van der Waals surface area contributed by atoms with Crippen molar-refractivity contribution in [1.29, 1.82) is 0 Å². The lowest BCUT2D eigenvalue weighted by Crippen LogP contribution is -2.04. The molecule has 0 bridgehead atoms. The number of nitrogens with one attached hydrogen (secondary N) is 2. The number of rotatable bonds is 8. The van der Waals surface area contributed by atoms with Crippen LogP contribution in [-0.2, 0) is 0 Å². The standard InChI is InChI=1S/C16H20N4O2/c21-11-9-17-13-1-5-15(6-2-13)19-20-16-7-3-14(4-8-16)18-10-12-22/h1-8,17-18,21-22H,9-12H2. The molecule has 0 heterocycles. The second kappa shape index (κ2) is 8.76. The van der Waals surface area contributed by atoms with Crippen molar-refractivity contribution in [1.82, 2.24) is 0 Å². The van der Waals surface area contributed by atoms with E-state index in [0.717, 1.165) is 22.7 Å². The highest BCUT2D eigenvalue weighted by molar-refractivity contribution is 5.52. The third kappa shape index (κ3) is 5.16. The first-order chi connectivity index (χ1) is 10.8. The number of anilines is 2. The zero-order valence-electron chi connectivity index (χ0n) is 12.2. The van der Waals surface area contributed by atoms with Gasteiger partial charge in [-0.1, -0.05) is 0 Å². The van der Waals surface area contributed by atoms with Crippen molar-refractivity contribution in [3.8, 4) is 0 Å². The highest BCUT2D eigenvalue weighted by Crippen LogP contribution is 2.21. The molecule has 0 saturated carbocycles. The minimum Gasteiger partial charge on any atom is -0.395 e. The summed E-state index contributed by atoms with van der Waals surface area (Å²) in [5.41, 5.74) is 3.40. The van der Waals surface area contributed by atoms with Crippen LogP contribution in [0.2, 0.25) is 0 Å². The average Bonchev–Trinajstić information content (AvgIpc) is 2.58. The number of hydrogen-bond acceptors (Lipinski definition) is 6. The molecule has 6 nitrogen and oxygen atoms in total. The van der Waals surface area contributed by atoms with E-state index in [1.165, 1.54) is 0 Å². The van der Waals surface area contributed by atoms with Crippen molar-refractivity contribution < 1.29 is 10.2 Å². The third-order valence-corrected chi connectivity index (χ3v) is 2.90. The number of aliphatic hydroxyl groups excluding tert-OH is 2. The molecule has 0 unspecified atom stereocenters. The van der Waals surface area contributed by atoms with Gasteiger partial charge in [-0.05, 0) is 48.5 Å². The third-order valence-electron chi connectivity index (χ3n) is 2.90. The van der Waals surface area contributed by atoms with Gasteiger partial charge in [-0.15, -0.1) is 0 Å². The first kappa shape index (κ1) is 15.9. The fourth-order valence-electron chi connectivity index (χ4n) is 1.81. The minimum atomic E-state index is 0.102. The molecule has 2 aromatic rings. The molecule has 116 valence electrons. The van der Waals surface area contributed by atoms with Crippen LogP contribution in [0.5, 0.6) is 0 Å². The number of nitrogens with zero attached hydrogens (tertiary/aromatic N) is 2. The summed E-state index contributed by atoms with van der Waals surface area (Å²) in [7, 11) is 0. The maximum Gasteiger partial charge on any atom is 0.0858 e. The highest BCUT2D eigenvalue weighted by atomic mass is 16.3. The lowest BCUT2D eigenvalue weighted by atomic mass is 10.3. The van der Waals surface area contributed by atoms with E-state index in [1.807, 2.05) is 48.5 Å². The zero-order chi connectivity index (χ0) is 15.6. The minimum absolute atomic E-state index is 0.102. The predicted molar refractivity (Wildman–Crippen MR) is 88.2 cm³/mol. The van der Waals surface area contributed by atoms with Gasteiger partial charge in [0.1, 0.15) is 0 Å². The van der Waals surface area contributed by atoms with Crippen molar-refractivity contribution in [3.05, 3.63) is 48.5 Å². The van der Waals surface area contributed by atoms with Gasteiger partial charge in [-0.2, -0.15) is 10.2 Å². The van der Waals surface area contributed by atoms with Gasteiger partial charge in [0.15, 0.2) is 0 Å². The molecule has 0 fully saturated rings. The average molecular weight is 300 g/mol. The van der Waals surface area contributed by atoms with Crippen LogP contribution < -0.4 is 10.6 Å². The Morgan fingerprint density at radius 2 is 1.00 bits per heavy atom. The van der Waals surface area contributed by atoms with Crippen LogP contribution in [0.4, 0.5) is 22.7 Å². The van der Waals surface area contributed by atoms with Crippen LogP contribution in [0.1, 0.15) is 0 Å². The van der Waals surface area contributed by atoms with Crippen molar-refractivity contribution in [2.45, 2.75) is 0 Å². The van der Waals surface area contributed by atoms with E-state index in [9.17, 15) is 0 Å². The fourth-order valence-corrected chi connectivity index (χ4v) is 1.81. The van der Waals surface area contributed by atoms with E-state index >= 15 is 0 Å². The Labute approximate surface area is 129 Å². The number of benzene rings is 2. The van der Waals surface area contributed by atoms with Crippen molar-refractivity contribution in [2.24, 2.45) is 10.2 Å². The number of hydrogen-bond donors (Lipinski definition) is 4. The molecule has 6 heteroatoms. The molecule has 22 heavy (non-hydrogen) atoms. The second-order valence-electron chi connectivity index (χ2n) is 4.59. The Kier molecular flexibility index (Phi) is 6.35. The molecule has 0 aliphatic rings. The summed E-state index contributed by atoms with van der Waals surface area (Å²) in [6, 6.07) is 15.0. The van der Waals surface area contributed by atoms with E-state index in [0.29, 0.717) is 13.1 Å². The fraction of sp³-hybridized carbons (Fsp3) is 0.250. The Balaban J connectivity index is 1.93. The molecule has 0 amide bonds. The molecule has 0 aromatic heterocycles. The molecule has 0 aliphatic heterocycles. The van der Waals surface area contributed by atoms with Crippen molar-refractivity contribution in [2.75, 3.05) is 36.9 Å². The second-order valence-corrected chi connectivity index (χ2v) is 4.59. The summed E-state index contributed by atoms with van der Waals surface area (Å²) in [5.74, 6) is 0. The molecule has 0 radical (unpaired) electrons. The van der Waals surface area contributed by atoms with E-state index in [4.69, 9.17) is 10.2 Å². The molecule has 0 spiro atoms. The number of aliphatic hydroxyl groups is 2. The van der Waals surface area contributed by atoms with Gasteiger partial charge in [0.05, 0.1) is 24.6 Å². The van der Waals surface area contributed by atoms with Gasteiger partial charge >= 0.3 is 0 Å². The van der Waals surface area contributed by atoms with E-state index < -0.39 is 0 Å².